The number of nitrogens with zero attached hydrogens (tertiary/aromatic N) is 4. The molecule has 1 atom stereocenters. The van der Waals surface area contributed by atoms with Gasteiger partial charge in [-0.2, -0.15) is 10.2 Å². The molecule has 1 unspecified atom stereocenters. The van der Waals surface area contributed by atoms with Crippen molar-refractivity contribution in [2.75, 3.05) is 6.54 Å². The maximum absolute atomic E-state index is 12.9. The molecule has 4 rings (SSSR count). The number of carbonyl (C=O) groups is 2. The van der Waals surface area contributed by atoms with Gasteiger partial charge in [-0.25, -0.2) is 0 Å². The summed E-state index contributed by atoms with van der Waals surface area (Å²) in [4.78, 5) is 27.2. The smallest absolute Gasteiger partial charge is 0.274 e. The molecule has 2 aromatic heterocycles. The zero-order chi connectivity index (χ0) is 18.8. The molecule has 1 saturated heterocycles. The number of H-pyrrole nitrogens is 1. The van der Waals surface area contributed by atoms with Gasteiger partial charge in [0.1, 0.15) is 11.4 Å². The Bertz CT molecular complexity index is 820. The SMILES string of the molecule is Cn1ccc(C(=O)N2CCCCC2c2cc(C(=O)NC3CCCC3)n[nH]2)n1. The van der Waals surface area contributed by atoms with E-state index in [0.717, 1.165) is 37.8 Å². The number of hydrogen-bond donors (Lipinski definition) is 2. The number of hydrogen-bond acceptors (Lipinski definition) is 4. The topological polar surface area (TPSA) is 95.9 Å². The van der Waals surface area contributed by atoms with Crippen molar-refractivity contribution < 1.29 is 9.59 Å². The summed E-state index contributed by atoms with van der Waals surface area (Å²) in [6.45, 7) is 0.683. The Morgan fingerprint density at radius 2 is 1.93 bits per heavy atom. The van der Waals surface area contributed by atoms with Crippen LogP contribution in [0.5, 0.6) is 0 Å². The van der Waals surface area contributed by atoms with Crippen molar-refractivity contribution in [1.29, 1.82) is 0 Å². The lowest BCUT2D eigenvalue weighted by Crippen LogP contribution is -2.39. The van der Waals surface area contributed by atoms with Crippen LogP contribution in [0.2, 0.25) is 0 Å². The highest BCUT2D eigenvalue weighted by Crippen LogP contribution is 2.31. The van der Waals surface area contributed by atoms with Crippen LogP contribution >= 0.6 is 0 Å². The molecule has 8 heteroatoms. The third-order valence-corrected chi connectivity index (χ3v) is 5.58. The summed E-state index contributed by atoms with van der Waals surface area (Å²) in [7, 11) is 1.80. The second-order valence-corrected chi connectivity index (χ2v) is 7.55. The van der Waals surface area contributed by atoms with Crippen molar-refractivity contribution >= 4 is 11.8 Å². The molecule has 2 aromatic rings. The fourth-order valence-corrected chi connectivity index (χ4v) is 4.13. The van der Waals surface area contributed by atoms with E-state index >= 15 is 0 Å². The quantitative estimate of drug-likeness (QED) is 0.862. The molecular weight excluding hydrogens is 344 g/mol. The lowest BCUT2D eigenvalue weighted by atomic mass is 9.98. The van der Waals surface area contributed by atoms with Gasteiger partial charge in [0.2, 0.25) is 0 Å². The minimum Gasteiger partial charge on any atom is -0.348 e. The van der Waals surface area contributed by atoms with Gasteiger partial charge in [0.15, 0.2) is 0 Å². The molecule has 2 fully saturated rings. The van der Waals surface area contributed by atoms with Crippen molar-refractivity contribution in [3.8, 4) is 0 Å². The summed E-state index contributed by atoms with van der Waals surface area (Å²) in [5, 5.41) is 14.5. The standard InChI is InChI=1S/C19H26N6O2/c1-24-11-9-14(23-24)19(27)25-10-5-4-8-17(25)15-12-16(22-21-15)18(26)20-13-6-2-3-7-13/h9,11-13,17H,2-8,10H2,1H3,(H,20,26)(H,21,22). The van der Waals surface area contributed by atoms with E-state index in [1.807, 2.05) is 4.90 Å². The largest absolute Gasteiger partial charge is 0.348 e. The number of amides is 2. The first kappa shape index (κ1) is 17.8. The zero-order valence-electron chi connectivity index (χ0n) is 15.6. The third-order valence-electron chi connectivity index (χ3n) is 5.58. The van der Waals surface area contributed by atoms with Crippen molar-refractivity contribution in [3.63, 3.8) is 0 Å². The molecule has 1 aliphatic carbocycles. The van der Waals surface area contributed by atoms with Gasteiger partial charge in [-0.1, -0.05) is 12.8 Å². The molecule has 3 heterocycles. The number of aromatic nitrogens is 4. The third kappa shape index (κ3) is 3.74. The fourth-order valence-electron chi connectivity index (χ4n) is 4.13. The molecule has 1 aliphatic heterocycles. The minimum atomic E-state index is -0.136. The molecule has 1 saturated carbocycles. The summed E-state index contributed by atoms with van der Waals surface area (Å²) in [6, 6.07) is 3.68. The van der Waals surface area contributed by atoms with E-state index in [-0.39, 0.29) is 23.9 Å². The molecule has 0 aromatic carbocycles. The molecule has 27 heavy (non-hydrogen) atoms. The predicted octanol–water partition coefficient (Wildman–Crippen LogP) is 2.18. The van der Waals surface area contributed by atoms with Crippen molar-refractivity contribution in [2.45, 2.75) is 57.0 Å². The van der Waals surface area contributed by atoms with Gasteiger partial charge in [-0.15, -0.1) is 0 Å². The lowest BCUT2D eigenvalue weighted by molar-refractivity contribution is 0.0599. The van der Waals surface area contributed by atoms with Gasteiger partial charge in [0, 0.05) is 25.8 Å². The summed E-state index contributed by atoms with van der Waals surface area (Å²) >= 11 is 0. The van der Waals surface area contributed by atoms with E-state index in [9.17, 15) is 9.59 Å². The van der Waals surface area contributed by atoms with Crippen LogP contribution in [0.4, 0.5) is 0 Å². The van der Waals surface area contributed by atoms with Crippen molar-refractivity contribution in [3.05, 3.63) is 35.4 Å². The number of carbonyl (C=O) groups excluding carboxylic acids is 2. The number of aryl methyl sites for hydroxylation is 1. The van der Waals surface area contributed by atoms with Gasteiger partial charge in [-0.3, -0.25) is 19.4 Å². The van der Waals surface area contributed by atoms with Crippen LogP contribution in [0.15, 0.2) is 18.3 Å². The fraction of sp³-hybridized carbons (Fsp3) is 0.579. The summed E-state index contributed by atoms with van der Waals surface area (Å²) in [5.41, 5.74) is 1.66. The van der Waals surface area contributed by atoms with E-state index in [0.29, 0.717) is 17.9 Å². The number of aromatic amines is 1. The average molecular weight is 370 g/mol. The Labute approximate surface area is 158 Å². The predicted molar refractivity (Wildman–Crippen MR) is 99.1 cm³/mol. The first-order valence-corrected chi connectivity index (χ1v) is 9.78. The Kier molecular flexibility index (Phi) is 4.96. The molecular formula is C19H26N6O2. The molecule has 2 aliphatic rings. The number of likely N-dealkylation sites (tertiary alicyclic amines) is 1. The first-order valence-electron chi connectivity index (χ1n) is 9.78. The van der Waals surface area contributed by atoms with E-state index < -0.39 is 0 Å². The van der Waals surface area contributed by atoms with Gasteiger partial charge in [0.05, 0.1) is 11.7 Å². The second kappa shape index (κ2) is 7.54. The lowest BCUT2D eigenvalue weighted by Gasteiger charge is -2.34. The maximum Gasteiger partial charge on any atom is 0.274 e. The minimum absolute atomic E-state index is 0.0770. The summed E-state index contributed by atoms with van der Waals surface area (Å²) in [5.74, 6) is -0.213. The summed E-state index contributed by atoms with van der Waals surface area (Å²) in [6.07, 6.45) is 9.05. The monoisotopic (exact) mass is 370 g/mol. The number of piperidine rings is 1. The van der Waals surface area contributed by atoms with Crippen LogP contribution in [0.1, 0.15) is 77.7 Å². The Balaban J connectivity index is 1.49. The van der Waals surface area contributed by atoms with Gasteiger partial charge in [0.25, 0.3) is 11.8 Å². The Morgan fingerprint density at radius 1 is 1.15 bits per heavy atom. The maximum atomic E-state index is 12.9. The molecule has 0 bridgehead atoms. The highest BCUT2D eigenvalue weighted by Gasteiger charge is 2.31. The van der Waals surface area contributed by atoms with E-state index in [1.54, 1.807) is 30.1 Å². The molecule has 2 amide bonds. The van der Waals surface area contributed by atoms with Crippen molar-refractivity contribution in [2.24, 2.45) is 7.05 Å². The molecule has 8 nitrogen and oxygen atoms in total. The molecule has 144 valence electrons. The molecule has 2 N–H and O–H groups in total. The van der Waals surface area contributed by atoms with E-state index in [4.69, 9.17) is 0 Å². The normalized spacial score (nSPS) is 20.8. The first-order chi connectivity index (χ1) is 13.1. The Morgan fingerprint density at radius 3 is 2.67 bits per heavy atom. The van der Waals surface area contributed by atoms with Crippen LogP contribution < -0.4 is 5.32 Å². The zero-order valence-corrected chi connectivity index (χ0v) is 15.6. The molecule has 0 radical (unpaired) electrons. The van der Waals surface area contributed by atoms with E-state index in [2.05, 4.69) is 20.6 Å². The molecule has 0 spiro atoms. The van der Waals surface area contributed by atoms with Crippen LogP contribution in [-0.2, 0) is 7.05 Å². The van der Waals surface area contributed by atoms with Gasteiger partial charge < -0.3 is 10.2 Å². The second-order valence-electron chi connectivity index (χ2n) is 7.55. The van der Waals surface area contributed by atoms with Crippen molar-refractivity contribution in [1.82, 2.24) is 30.2 Å². The van der Waals surface area contributed by atoms with Crippen LogP contribution in [0.25, 0.3) is 0 Å². The highest BCUT2D eigenvalue weighted by atomic mass is 16.2. The number of nitrogens with one attached hydrogen (secondary N) is 2. The van der Waals surface area contributed by atoms with Crippen LogP contribution in [0, 0.1) is 0 Å². The summed E-state index contributed by atoms with van der Waals surface area (Å²) < 4.78 is 1.63. The van der Waals surface area contributed by atoms with E-state index in [1.165, 1.54) is 12.8 Å². The van der Waals surface area contributed by atoms with Crippen LogP contribution in [0.3, 0.4) is 0 Å². The van der Waals surface area contributed by atoms with Gasteiger partial charge >= 0.3 is 0 Å². The Hall–Kier alpha value is -2.64. The number of rotatable bonds is 4. The average Bonchev–Trinajstić information content (AvgIpc) is 3.43. The van der Waals surface area contributed by atoms with Gasteiger partial charge in [-0.05, 0) is 44.2 Å². The highest BCUT2D eigenvalue weighted by molar-refractivity contribution is 5.93. The van der Waals surface area contributed by atoms with Crippen LogP contribution in [-0.4, -0.2) is 49.3 Å².